The van der Waals surface area contributed by atoms with Crippen molar-refractivity contribution >= 4 is 47.1 Å². The van der Waals surface area contributed by atoms with E-state index in [0.29, 0.717) is 12.0 Å². The molecule has 0 spiro atoms. The number of hydrogen-bond acceptors (Lipinski definition) is 4. The third kappa shape index (κ3) is 4.73. The fraction of sp³-hybridized carbons (Fsp3) is 0.444. The second-order valence-electron chi connectivity index (χ2n) is 6.57. The Balaban J connectivity index is 0.00000113. The summed E-state index contributed by atoms with van der Waals surface area (Å²) >= 11 is 1.50. The van der Waals surface area contributed by atoms with E-state index in [1.165, 1.54) is 42.6 Å². The standard InChI is InChI=1S/C18H21N3OS.2ClH/c1-11-19-10-17(23-11)21-18(22)13-5-2-4-12(8-13)15-9-16(15)20-14-6-3-7-14;;/h2,4-5,8,10,14-16,20H,3,6-7,9H2,1H3,(H,21,22);2*1H/t15-,16+;;/m0../s1. The molecule has 4 nitrogen and oxygen atoms in total. The number of benzene rings is 1. The van der Waals surface area contributed by atoms with Gasteiger partial charge in [0.1, 0.15) is 5.00 Å². The highest BCUT2D eigenvalue weighted by atomic mass is 35.5. The van der Waals surface area contributed by atoms with Gasteiger partial charge in [-0.05, 0) is 43.9 Å². The number of amides is 1. The summed E-state index contributed by atoms with van der Waals surface area (Å²) in [6, 6.07) is 9.37. The smallest absolute Gasteiger partial charge is 0.256 e. The molecule has 1 aromatic heterocycles. The molecule has 2 aliphatic carbocycles. The molecular weight excluding hydrogens is 377 g/mol. The van der Waals surface area contributed by atoms with Gasteiger partial charge >= 0.3 is 0 Å². The van der Waals surface area contributed by atoms with Gasteiger partial charge in [0.25, 0.3) is 5.91 Å². The Kier molecular flexibility index (Phi) is 6.86. The van der Waals surface area contributed by atoms with Gasteiger partial charge in [-0.25, -0.2) is 4.98 Å². The maximum Gasteiger partial charge on any atom is 0.256 e. The van der Waals surface area contributed by atoms with Crippen molar-refractivity contribution in [3.05, 3.63) is 46.6 Å². The molecule has 1 aromatic carbocycles. The number of hydrogen-bond donors (Lipinski definition) is 2. The SMILES string of the molecule is Cc1ncc(NC(=O)c2cccc([C@@H]3C[C@H]3NC3CCC3)c2)s1.Cl.Cl. The lowest BCUT2D eigenvalue weighted by Gasteiger charge is -2.26. The number of rotatable bonds is 5. The first-order valence-corrected chi connectivity index (χ1v) is 9.10. The van der Waals surface area contributed by atoms with Crippen molar-refractivity contribution in [3.8, 4) is 0 Å². The molecule has 0 unspecified atom stereocenters. The predicted molar refractivity (Wildman–Crippen MR) is 108 cm³/mol. The van der Waals surface area contributed by atoms with E-state index in [1.807, 2.05) is 25.1 Å². The second-order valence-corrected chi connectivity index (χ2v) is 7.80. The van der Waals surface area contributed by atoms with Crippen LogP contribution in [-0.2, 0) is 0 Å². The Morgan fingerprint density at radius 3 is 2.72 bits per heavy atom. The summed E-state index contributed by atoms with van der Waals surface area (Å²) in [5.74, 6) is 0.508. The second kappa shape index (κ2) is 8.49. The molecule has 25 heavy (non-hydrogen) atoms. The van der Waals surface area contributed by atoms with Crippen LogP contribution in [-0.4, -0.2) is 23.0 Å². The van der Waals surface area contributed by atoms with Crippen molar-refractivity contribution < 1.29 is 4.79 Å². The van der Waals surface area contributed by atoms with Crippen molar-refractivity contribution in [3.63, 3.8) is 0 Å². The molecule has 2 aromatic rings. The van der Waals surface area contributed by atoms with Crippen LogP contribution in [0.1, 0.15) is 52.5 Å². The van der Waals surface area contributed by atoms with E-state index in [0.717, 1.165) is 21.6 Å². The highest BCUT2D eigenvalue weighted by Gasteiger charge is 2.40. The van der Waals surface area contributed by atoms with E-state index in [1.54, 1.807) is 6.20 Å². The lowest BCUT2D eigenvalue weighted by molar-refractivity contribution is 0.102. The van der Waals surface area contributed by atoms with E-state index in [2.05, 4.69) is 21.7 Å². The van der Waals surface area contributed by atoms with Crippen LogP contribution in [0.2, 0.25) is 0 Å². The molecule has 1 heterocycles. The average molecular weight is 400 g/mol. The lowest BCUT2D eigenvalue weighted by Crippen LogP contribution is -2.37. The van der Waals surface area contributed by atoms with E-state index in [4.69, 9.17) is 0 Å². The molecular formula is C18H23Cl2N3OS. The maximum absolute atomic E-state index is 12.4. The Bertz CT molecular complexity index is 733. The monoisotopic (exact) mass is 399 g/mol. The van der Waals surface area contributed by atoms with Crippen LogP contribution in [0.4, 0.5) is 5.00 Å². The van der Waals surface area contributed by atoms with Gasteiger partial charge < -0.3 is 10.6 Å². The highest BCUT2D eigenvalue weighted by Crippen LogP contribution is 2.42. The minimum atomic E-state index is -0.0559. The van der Waals surface area contributed by atoms with Crippen molar-refractivity contribution in [1.29, 1.82) is 0 Å². The largest absolute Gasteiger partial charge is 0.312 e. The molecule has 2 aliphatic rings. The number of carbonyl (C=O) groups is 1. The van der Waals surface area contributed by atoms with Gasteiger partial charge in [0.15, 0.2) is 0 Å². The fourth-order valence-electron chi connectivity index (χ4n) is 3.14. The third-order valence-electron chi connectivity index (χ3n) is 4.78. The molecule has 1 amide bonds. The summed E-state index contributed by atoms with van der Waals surface area (Å²) in [4.78, 5) is 16.6. The van der Waals surface area contributed by atoms with Crippen LogP contribution < -0.4 is 10.6 Å². The lowest BCUT2D eigenvalue weighted by atomic mass is 9.93. The first-order valence-electron chi connectivity index (χ1n) is 8.29. The number of carbonyl (C=O) groups excluding carboxylic acids is 1. The topological polar surface area (TPSA) is 54.0 Å². The summed E-state index contributed by atoms with van der Waals surface area (Å²) in [7, 11) is 0. The summed E-state index contributed by atoms with van der Waals surface area (Å²) in [5, 5.41) is 8.41. The van der Waals surface area contributed by atoms with E-state index >= 15 is 0 Å². The zero-order chi connectivity index (χ0) is 15.8. The molecule has 2 fully saturated rings. The first kappa shape index (κ1) is 20.2. The summed E-state index contributed by atoms with van der Waals surface area (Å²) in [6.07, 6.45) is 6.90. The number of nitrogens with one attached hydrogen (secondary N) is 2. The third-order valence-corrected chi connectivity index (χ3v) is 5.61. The molecule has 2 atom stereocenters. The van der Waals surface area contributed by atoms with Crippen LogP contribution in [0.5, 0.6) is 0 Å². The predicted octanol–water partition coefficient (Wildman–Crippen LogP) is 4.55. The van der Waals surface area contributed by atoms with Crippen LogP contribution in [0.3, 0.4) is 0 Å². The fourth-order valence-corrected chi connectivity index (χ4v) is 3.81. The zero-order valence-corrected chi connectivity index (χ0v) is 16.5. The number of halogens is 2. The molecule has 136 valence electrons. The van der Waals surface area contributed by atoms with Crippen molar-refractivity contribution in [1.82, 2.24) is 10.3 Å². The minimum absolute atomic E-state index is 0. The van der Waals surface area contributed by atoms with Gasteiger partial charge in [-0.15, -0.1) is 36.2 Å². The molecule has 2 saturated carbocycles. The Hall–Kier alpha value is -1.14. The van der Waals surface area contributed by atoms with Crippen molar-refractivity contribution in [2.75, 3.05) is 5.32 Å². The van der Waals surface area contributed by atoms with Crippen LogP contribution >= 0.6 is 36.2 Å². The quantitative estimate of drug-likeness (QED) is 0.775. The molecule has 2 N–H and O–H groups in total. The first-order chi connectivity index (χ1) is 11.2. The van der Waals surface area contributed by atoms with Crippen LogP contribution in [0.25, 0.3) is 0 Å². The number of nitrogens with zero attached hydrogens (tertiary/aromatic N) is 1. The summed E-state index contributed by atoms with van der Waals surface area (Å²) in [6.45, 7) is 1.93. The van der Waals surface area contributed by atoms with Gasteiger partial charge in [-0.3, -0.25) is 4.79 Å². The summed E-state index contributed by atoms with van der Waals surface area (Å²) in [5.41, 5.74) is 2.00. The van der Waals surface area contributed by atoms with Gasteiger partial charge in [0, 0.05) is 23.6 Å². The van der Waals surface area contributed by atoms with Crippen LogP contribution in [0.15, 0.2) is 30.5 Å². The molecule has 4 rings (SSSR count). The van der Waals surface area contributed by atoms with Gasteiger partial charge in [0.05, 0.1) is 11.2 Å². The molecule has 0 bridgehead atoms. The summed E-state index contributed by atoms with van der Waals surface area (Å²) < 4.78 is 0. The van der Waals surface area contributed by atoms with Crippen molar-refractivity contribution in [2.24, 2.45) is 0 Å². The Labute approximate surface area is 164 Å². The van der Waals surface area contributed by atoms with Gasteiger partial charge in [0.2, 0.25) is 0 Å². The van der Waals surface area contributed by atoms with Crippen LogP contribution in [0, 0.1) is 6.92 Å². The molecule has 7 heteroatoms. The van der Waals surface area contributed by atoms with E-state index < -0.39 is 0 Å². The number of anilines is 1. The normalized spacial score (nSPS) is 21.5. The van der Waals surface area contributed by atoms with Crippen molar-refractivity contribution in [2.45, 2.75) is 50.6 Å². The highest BCUT2D eigenvalue weighted by molar-refractivity contribution is 7.15. The zero-order valence-electron chi connectivity index (χ0n) is 14.0. The van der Waals surface area contributed by atoms with E-state index in [-0.39, 0.29) is 30.7 Å². The maximum atomic E-state index is 12.4. The number of thiazole rings is 1. The Morgan fingerprint density at radius 1 is 1.28 bits per heavy atom. The molecule has 0 saturated heterocycles. The minimum Gasteiger partial charge on any atom is -0.312 e. The average Bonchev–Trinajstić information content (AvgIpc) is 3.17. The Morgan fingerprint density at radius 2 is 2.08 bits per heavy atom. The number of aromatic nitrogens is 1. The van der Waals surface area contributed by atoms with E-state index in [9.17, 15) is 4.79 Å². The van der Waals surface area contributed by atoms with Gasteiger partial charge in [-0.1, -0.05) is 18.6 Å². The molecule has 0 radical (unpaired) electrons. The van der Waals surface area contributed by atoms with Gasteiger partial charge in [-0.2, -0.15) is 0 Å². The molecule has 0 aliphatic heterocycles. The number of aryl methyl sites for hydroxylation is 1.